The van der Waals surface area contributed by atoms with E-state index in [1.807, 2.05) is 0 Å². The lowest BCUT2D eigenvalue weighted by Crippen LogP contribution is -2.20. The second-order valence-electron chi connectivity index (χ2n) is 4.51. The molecule has 92 valence electrons. The second-order valence-corrected chi connectivity index (χ2v) is 4.51. The zero-order valence-electron chi connectivity index (χ0n) is 9.80. The minimum Gasteiger partial charge on any atom is -0.268 e. The Balaban J connectivity index is 2.15. The number of rotatable bonds is 0. The van der Waals surface area contributed by atoms with Gasteiger partial charge in [-0.15, -0.1) is 0 Å². The van der Waals surface area contributed by atoms with E-state index in [1.165, 1.54) is 16.7 Å². The quantitative estimate of drug-likeness (QED) is 0.480. The van der Waals surface area contributed by atoms with Crippen molar-refractivity contribution < 1.29 is 4.39 Å². The fourth-order valence-corrected chi connectivity index (χ4v) is 2.51. The summed E-state index contributed by atoms with van der Waals surface area (Å²) < 4.78 is 14.8. The van der Waals surface area contributed by atoms with E-state index in [2.05, 4.69) is 9.97 Å². The molecular weight excluding hydrogens is 245 g/mol. The third-order valence-corrected chi connectivity index (χ3v) is 3.38. The van der Waals surface area contributed by atoms with Crippen LogP contribution in [0.25, 0.3) is 16.6 Å². The molecule has 1 aliphatic rings. The molecule has 0 radical (unpaired) electrons. The van der Waals surface area contributed by atoms with E-state index in [9.17, 15) is 9.18 Å². The van der Waals surface area contributed by atoms with Crippen LogP contribution in [-0.4, -0.2) is 14.5 Å². The van der Waals surface area contributed by atoms with E-state index >= 15 is 0 Å². The molecule has 0 saturated heterocycles. The highest BCUT2D eigenvalue weighted by atomic mass is 19.1. The number of fused-ring (bicyclic) bond motifs is 4. The van der Waals surface area contributed by atoms with Crippen molar-refractivity contribution in [3.05, 3.63) is 64.2 Å². The van der Waals surface area contributed by atoms with Crippen molar-refractivity contribution in [2.45, 2.75) is 6.42 Å². The van der Waals surface area contributed by atoms with Crippen molar-refractivity contribution in [2.24, 2.45) is 0 Å². The number of aromatic nitrogens is 3. The third-order valence-electron chi connectivity index (χ3n) is 3.38. The van der Waals surface area contributed by atoms with E-state index < -0.39 is 0 Å². The Morgan fingerprint density at radius 1 is 1.26 bits per heavy atom. The molecule has 0 spiro atoms. The van der Waals surface area contributed by atoms with Gasteiger partial charge < -0.3 is 0 Å². The van der Waals surface area contributed by atoms with Crippen LogP contribution < -0.4 is 5.56 Å². The molecule has 4 nitrogen and oxygen atoms in total. The van der Waals surface area contributed by atoms with Crippen LogP contribution in [0.15, 0.2) is 41.5 Å². The van der Waals surface area contributed by atoms with E-state index in [-0.39, 0.29) is 11.4 Å². The Labute approximate surface area is 107 Å². The van der Waals surface area contributed by atoms with Crippen LogP contribution in [0.1, 0.15) is 11.4 Å². The van der Waals surface area contributed by atoms with Crippen LogP contribution in [0.4, 0.5) is 4.39 Å². The minimum atomic E-state index is -0.353. The van der Waals surface area contributed by atoms with Gasteiger partial charge >= 0.3 is 0 Å². The highest BCUT2D eigenvalue weighted by molar-refractivity contribution is 5.77. The molecular formula is C14H8FN3O. The van der Waals surface area contributed by atoms with E-state index in [0.29, 0.717) is 28.8 Å². The molecule has 0 atom stereocenters. The van der Waals surface area contributed by atoms with Crippen molar-refractivity contribution in [3.8, 4) is 5.69 Å². The van der Waals surface area contributed by atoms with E-state index in [0.717, 1.165) is 5.56 Å². The summed E-state index contributed by atoms with van der Waals surface area (Å²) in [7, 11) is 0. The number of nitrogens with zero attached hydrogens (tertiary/aromatic N) is 3. The molecule has 5 heteroatoms. The molecule has 0 saturated carbocycles. The van der Waals surface area contributed by atoms with Crippen LogP contribution >= 0.6 is 0 Å². The summed E-state index contributed by atoms with van der Waals surface area (Å²) in [5, 5.41) is 0.496. The molecule has 0 unspecified atom stereocenters. The summed E-state index contributed by atoms with van der Waals surface area (Å²) in [5.41, 5.74) is 1.90. The van der Waals surface area contributed by atoms with Gasteiger partial charge in [0.15, 0.2) is 0 Å². The van der Waals surface area contributed by atoms with E-state index in [1.54, 1.807) is 24.5 Å². The first-order valence-corrected chi connectivity index (χ1v) is 5.88. The Kier molecular flexibility index (Phi) is 1.90. The van der Waals surface area contributed by atoms with Crippen molar-refractivity contribution in [1.82, 2.24) is 14.5 Å². The summed E-state index contributed by atoms with van der Waals surface area (Å²) in [4.78, 5) is 20.9. The Morgan fingerprint density at radius 3 is 3.05 bits per heavy atom. The first-order valence-electron chi connectivity index (χ1n) is 5.88. The number of hydrogen-bond acceptors (Lipinski definition) is 3. The average molecular weight is 253 g/mol. The number of pyridine rings is 1. The van der Waals surface area contributed by atoms with Crippen LogP contribution in [0.3, 0.4) is 0 Å². The summed E-state index contributed by atoms with van der Waals surface area (Å²) in [5.74, 6) is 0.277. The minimum absolute atomic E-state index is 0.174. The van der Waals surface area contributed by atoms with Gasteiger partial charge in [0.25, 0.3) is 5.56 Å². The average Bonchev–Trinajstić information content (AvgIpc) is 2.76. The van der Waals surface area contributed by atoms with Crippen LogP contribution in [-0.2, 0) is 6.42 Å². The van der Waals surface area contributed by atoms with Crippen molar-refractivity contribution in [1.29, 1.82) is 0 Å². The molecule has 0 N–H and O–H groups in total. The molecule has 0 fully saturated rings. The summed E-state index contributed by atoms with van der Waals surface area (Å²) >= 11 is 0. The standard InChI is InChI=1S/C14H8FN3O/c15-9-2-1-8-5-13-17-11-7-16-4-3-10(11)14(19)18(13)12(8)6-9/h1-4,6-7H,5H2. The fraction of sp³-hybridized carbons (Fsp3) is 0.0714. The number of halogens is 1. The van der Waals surface area contributed by atoms with Crippen molar-refractivity contribution in [2.75, 3.05) is 0 Å². The first-order chi connectivity index (χ1) is 9.24. The van der Waals surface area contributed by atoms with Gasteiger partial charge in [0.05, 0.1) is 22.8 Å². The lowest BCUT2D eigenvalue weighted by Gasteiger charge is -2.05. The molecule has 3 heterocycles. The fourth-order valence-electron chi connectivity index (χ4n) is 2.51. The molecule has 1 aliphatic heterocycles. The monoisotopic (exact) mass is 253 g/mol. The van der Waals surface area contributed by atoms with Gasteiger partial charge in [-0.1, -0.05) is 6.07 Å². The van der Waals surface area contributed by atoms with Gasteiger partial charge in [0, 0.05) is 12.6 Å². The smallest absolute Gasteiger partial charge is 0.266 e. The van der Waals surface area contributed by atoms with E-state index in [4.69, 9.17) is 0 Å². The highest BCUT2D eigenvalue weighted by Gasteiger charge is 2.22. The molecule has 3 aromatic rings. The largest absolute Gasteiger partial charge is 0.268 e. The van der Waals surface area contributed by atoms with Gasteiger partial charge in [-0.2, -0.15) is 0 Å². The summed E-state index contributed by atoms with van der Waals surface area (Å²) in [6.45, 7) is 0. The number of benzene rings is 1. The number of hydrogen-bond donors (Lipinski definition) is 0. The van der Waals surface area contributed by atoms with Gasteiger partial charge in [-0.3, -0.25) is 14.3 Å². The lowest BCUT2D eigenvalue weighted by atomic mass is 10.1. The molecule has 19 heavy (non-hydrogen) atoms. The lowest BCUT2D eigenvalue weighted by molar-refractivity contribution is 0.626. The Hall–Kier alpha value is -2.56. The van der Waals surface area contributed by atoms with Gasteiger partial charge in [0.2, 0.25) is 0 Å². The second kappa shape index (κ2) is 3.47. The van der Waals surface area contributed by atoms with Crippen molar-refractivity contribution in [3.63, 3.8) is 0 Å². The molecule has 0 amide bonds. The molecule has 2 aromatic heterocycles. The highest BCUT2D eigenvalue weighted by Crippen LogP contribution is 2.26. The van der Waals surface area contributed by atoms with Gasteiger partial charge in [-0.25, -0.2) is 9.37 Å². The topological polar surface area (TPSA) is 47.8 Å². The summed E-state index contributed by atoms with van der Waals surface area (Å²) in [6, 6.07) is 6.11. The SMILES string of the molecule is O=c1c2ccncc2nc2n1-c1cc(F)ccc1C2. The maximum Gasteiger partial charge on any atom is 0.266 e. The summed E-state index contributed by atoms with van der Waals surface area (Å²) in [6.07, 6.45) is 3.66. The maximum atomic E-state index is 13.4. The molecule has 1 aromatic carbocycles. The Morgan fingerprint density at radius 2 is 2.16 bits per heavy atom. The van der Waals surface area contributed by atoms with Crippen LogP contribution in [0.2, 0.25) is 0 Å². The molecule has 4 rings (SSSR count). The van der Waals surface area contributed by atoms with Crippen LogP contribution in [0, 0.1) is 5.82 Å². The van der Waals surface area contributed by atoms with Crippen LogP contribution in [0.5, 0.6) is 0 Å². The predicted octanol–water partition coefficient (Wildman–Crippen LogP) is 1.82. The van der Waals surface area contributed by atoms with Crippen molar-refractivity contribution >= 4 is 10.9 Å². The zero-order valence-corrected chi connectivity index (χ0v) is 9.80. The third kappa shape index (κ3) is 1.35. The predicted molar refractivity (Wildman–Crippen MR) is 67.9 cm³/mol. The normalized spacial score (nSPS) is 12.5. The van der Waals surface area contributed by atoms with Gasteiger partial charge in [0.1, 0.15) is 11.6 Å². The first kappa shape index (κ1) is 10.4. The maximum absolute atomic E-state index is 13.4. The van der Waals surface area contributed by atoms with Gasteiger partial charge in [-0.05, 0) is 23.8 Å². The Bertz CT molecular complexity index is 885. The molecule has 0 aliphatic carbocycles. The zero-order chi connectivity index (χ0) is 13.0. The molecule has 0 bridgehead atoms.